The lowest BCUT2D eigenvalue weighted by Gasteiger charge is -2.28. The van der Waals surface area contributed by atoms with Gasteiger partial charge in [-0.25, -0.2) is 0 Å². The van der Waals surface area contributed by atoms with Crippen LogP contribution in [-0.2, 0) is 4.79 Å². The van der Waals surface area contributed by atoms with E-state index in [1.165, 1.54) is 17.0 Å². The van der Waals surface area contributed by atoms with Gasteiger partial charge in [0, 0.05) is 29.8 Å². The molecule has 1 aliphatic carbocycles. The molecule has 8 heteroatoms. The van der Waals surface area contributed by atoms with E-state index in [0.717, 1.165) is 43.9 Å². The highest BCUT2D eigenvalue weighted by atomic mass is 32.2. The molecule has 2 amide bonds. The number of hydrogen-bond acceptors (Lipinski definition) is 6. The number of thioether (sulfide) groups is 1. The van der Waals surface area contributed by atoms with Crippen molar-refractivity contribution >= 4 is 34.7 Å². The number of hydrogen-bond donors (Lipinski definition) is 0. The van der Waals surface area contributed by atoms with E-state index in [1.54, 1.807) is 30.3 Å². The molecule has 0 atom stereocenters. The van der Waals surface area contributed by atoms with Crippen molar-refractivity contribution in [1.29, 1.82) is 0 Å². The molecule has 28 heavy (non-hydrogen) atoms. The number of carbonyl (C=O) groups excluding carboxylic acids is 2. The van der Waals surface area contributed by atoms with Gasteiger partial charge in [-0.3, -0.25) is 24.6 Å². The summed E-state index contributed by atoms with van der Waals surface area (Å²) in [5.74, 6) is 0.618. The van der Waals surface area contributed by atoms with Crippen LogP contribution in [-0.4, -0.2) is 27.0 Å². The molecule has 0 N–H and O–H groups in total. The first-order chi connectivity index (χ1) is 13.5. The SMILES string of the molecule is O=C1S/C(=C\c2ccc(-c3cccc([N+](=O)[O-])c3)o2)C(=O)N1C1CCCCC1. The molecular weight excluding hydrogens is 380 g/mol. The third-order valence-corrected chi connectivity index (χ3v) is 5.89. The third kappa shape index (κ3) is 3.60. The summed E-state index contributed by atoms with van der Waals surface area (Å²) in [6.07, 6.45) is 6.52. The van der Waals surface area contributed by atoms with Crippen molar-refractivity contribution in [1.82, 2.24) is 4.90 Å². The molecule has 1 aliphatic heterocycles. The fraction of sp³-hybridized carbons (Fsp3) is 0.300. The Morgan fingerprint density at radius 3 is 2.68 bits per heavy atom. The average molecular weight is 398 g/mol. The van der Waals surface area contributed by atoms with Crippen molar-refractivity contribution < 1.29 is 18.9 Å². The lowest BCUT2D eigenvalue weighted by atomic mass is 9.94. The zero-order valence-corrected chi connectivity index (χ0v) is 15.8. The molecule has 144 valence electrons. The van der Waals surface area contributed by atoms with Crippen LogP contribution in [0.15, 0.2) is 45.7 Å². The van der Waals surface area contributed by atoms with Gasteiger partial charge in [0.2, 0.25) is 0 Å². The number of rotatable bonds is 4. The van der Waals surface area contributed by atoms with Crippen LogP contribution in [0, 0.1) is 10.1 Å². The first kappa shape index (κ1) is 18.5. The summed E-state index contributed by atoms with van der Waals surface area (Å²) >= 11 is 0.931. The Labute approximate surface area is 165 Å². The third-order valence-electron chi connectivity index (χ3n) is 5.01. The summed E-state index contributed by atoms with van der Waals surface area (Å²) < 4.78 is 5.74. The molecular formula is C20H18N2O5S. The molecule has 1 saturated heterocycles. The highest BCUT2D eigenvalue weighted by Crippen LogP contribution is 2.37. The molecule has 1 aromatic carbocycles. The Hall–Kier alpha value is -2.87. The maximum atomic E-state index is 12.7. The zero-order chi connectivity index (χ0) is 19.7. The van der Waals surface area contributed by atoms with Gasteiger partial charge >= 0.3 is 0 Å². The highest BCUT2D eigenvalue weighted by Gasteiger charge is 2.40. The van der Waals surface area contributed by atoms with Gasteiger partial charge in [-0.2, -0.15) is 0 Å². The van der Waals surface area contributed by atoms with Crippen molar-refractivity contribution in [2.45, 2.75) is 38.1 Å². The summed E-state index contributed by atoms with van der Waals surface area (Å²) in [7, 11) is 0. The molecule has 0 radical (unpaired) electrons. The van der Waals surface area contributed by atoms with E-state index >= 15 is 0 Å². The molecule has 2 fully saturated rings. The van der Waals surface area contributed by atoms with Crippen molar-refractivity contribution in [3.05, 3.63) is 57.2 Å². The number of nitro groups is 1. The molecule has 4 rings (SSSR count). The van der Waals surface area contributed by atoms with Crippen LogP contribution in [0.2, 0.25) is 0 Å². The van der Waals surface area contributed by atoms with E-state index in [1.807, 2.05) is 0 Å². The van der Waals surface area contributed by atoms with Crippen molar-refractivity contribution in [2.24, 2.45) is 0 Å². The second-order valence-electron chi connectivity index (χ2n) is 6.85. The second kappa shape index (κ2) is 7.63. The molecule has 0 bridgehead atoms. The van der Waals surface area contributed by atoms with Gasteiger partial charge in [0.15, 0.2) is 0 Å². The molecule has 2 aromatic rings. The summed E-state index contributed by atoms with van der Waals surface area (Å²) in [6.45, 7) is 0. The maximum Gasteiger partial charge on any atom is 0.293 e. The number of nitrogens with zero attached hydrogens (tertiary/aromatic N) is 2. The van der Waals surface area contributed by atoms with E-state index in [0.29, 0.717) is 22.0 Å². The lowest BCUT2D eigenvalue weighted by Crippen LogP contribution is -2.39. The molecule has 1 aromatic heterocycles. The van der Waals surface area contributed by atoms with E-state index in [9.17, 15) is 19.7 Å². The number of benzene rings is 1. The van der Waals surface area contributed by atoms with Gasteiger partial charge < -0.3 is 4.42 Å². The van der Waals surface area contributed by atoms with Crippen LogP contribution in [0.3, 0.4) is 0 Å². The number of non-ortho nitro benzene ring substituents is 1. The van der Waals surface area contributed by atoms with Crippen molar-refractivity contribution in [3.8, 4) is 11.3 Å². The zero-order valence-electron chi connectivity index (χ0n) is 15.0. The van der Waals surface area contributed by atoms with Gasteiger partial charge in [0.1, 0.15) is 11.5 Å². The molecule has 0 spiro atoms. The number of imide groups is 1. The Morgan fingerprint density at radius 1 is 1.14 bits per heavy atom. The van der Waals surface area contributed by atoms with Crippen molar-refractivity contribution in [2.75, 3.05) is 0 Å². The monoisotopic (exact) mass is 398 g/mol. The molecule has 2 heterocycles. The number of amides is 2. The number of nitro benzene ring substituents is 1. The fourth-order valence-electron chi connectivity index (χ4n) is 3.62. The molecule has 2 aliphatic rings. The molecule has 7 nitrogen and oxygen atoms in total. The topological polar surface area (TPSA) is 93.7 Å². The second-order valence-corrected chi connectivity index (χ2v) is 7.85. The van der Waals surface area contributed by atoms with Gasteiger partial charge in [-0.1, -0.05) is 31.4 Å². The normalized spacial score (nSPS) is 19.6. The summed E-state index contributed by atoms with van der Waals surface area (Å²) in [5.41, 5.74) is 0.549. The van der Waals surface area contributed by atoms with Crippen LogP contribution in [0.4, 0.5) is 10.5 Å². The van der Waals surface area contributed by atoms with Crippen LogP contribution in [0.5, 0.6) is 0 Å². The van der Waals surface area contributed by atoms with E-state index in [2.05, 4.69) is 0 Å². The quantitative estimate of drug-likeness (QED) is 0.398. The smallest absolute Gasteiger partial charge is 0.293 e. The molecule has 1 saturated carbocycles. The van der Waals surface area contributed by atoms with Crippen LogP contribution < -0.4 is 0 Å². The summed E-state index contributed by atoms with van der Waals surface area (Å²) in [6, 6.07) is 9.51. The predicted octanol–water partition coefficient (Wildman–Crippen LogP) is 5.22. The minimum Gasteiger partial charge on any atom is -0.457 e. The Kier molecular flexibility index (Phi) is 5.04. The Morgan fingerprint density at radius 2 is 1.93 bits per heavy atom. The van der Waals surface area contributed by atoms with E-state index < -0.39 is 4.92 Å². The molecule has 0 unspecified atom stereocenters. The number of furan rings is 1. The van der Waals surface area contributed by atoms with Crippen molar-refractivity contribution in [3.63, 3.8) is 0 Å². The van der Waals surface area contributed by atoms with Crippen LogP contribution in [0.1, 0.15) is 37.9 Å². The summed E-state index contributed by atoms with van der Waals surface area (Å²) in [5, 5.41) is 10.7. The maximum absolute atomic E-state index is 12.7. The minimum absolute atomic E-state index is 0.0100. The fourth-order valence-corrected chi connectivity index (χ4v) is 4.50. The standard InChI is InChI=1S/C20H18N2O5S/c23-19-18(28-20(24)21(19)14-6-2-1-3-7-14)12-16-9-10-17(27-16)13-5-4-8-15(11-13)22(25)26/h4-5,8-12,14H,1-3,6-7H2/b18-12-. The average Bonchev–Trinajstić information content (AvgIpc) is 3.27. The largest absolute Gasteiger partial charge is 0.457 e. The Bertz CT molecular complexity index is 974. The predicted molar refractivity (Wildman–Crippen MR) is 105 cm³/mol. The summed E-state index contributed by atoms with van der Waals surface area (Å²) in [4.78, 5) is 37.3. The van der Waals surface area contributed by atoms with Crippen LogP contribution >= 0.6 is 11.8 Å². The van der Waals surface area contributed by atoms with Gasteiger partial charge in [-0.05, 0) is 36.7 Å². The number of carbonyl (C=O) groups is 2. The van der Waals surface area contributed by atoms with Gasteiger partial charge in [0.05, 0.1) is 9.83 Å². The van der Waals surface area contributed by atoms with Gasteiger partial charge in [0.25, 0.3) is 16.8 Å². The lowest BCUT2D eigenvalue weighted by molar-refractivity contribution is -0.384. The highest BCUT2D eigenvalue weighted by molar-refractivity contribution is 8.18. The Balaban J connectivity index is 1.55. The van der Waals surface area contributed by atoms with Gasteiger partial charge in [-0.15, -0.1) is 0 Å². The van der Waals surface area contributed by atoms with E-state index in [4.69, 9.17) is 4.42 Å². The van der Waals surface area contributed by atoms with Crippen LogP contribution in [0.25, 0.3) is 17.4 Å². The first-order valence-electron chi connectivity index (χ1n) is 9.14. The first-order valence-corrected chi connectivity index (χ1v) is 9.96. The minimum atomic E-state index is -0.464. The van der Waals surface area contributed by atoms with E-state index in [-0.39, 0.29) is 22.9 Å².